The minimum Gasteiger partial charge on any atom is -0.272 e. The second-order valence-electron chi connectivity index (χ2n) is 5.69. The van der Waals surface area contributed by atoms with Crippen LogP contribution in [-0.4, -0.2) is 17.6 Å². The average molecular weight is 269 g/mol. The van der Waals surface area contributed by atoms with Gasteiger partial charge in [0.15, 0.2) is 11.6 Å². The molecule has 1 fully saturated rings. The van der Waals surface area contributed by atoms with E-state index in [4.69, 9.17) is 4.84 Å². The lowest BCUT2D eigenvalue weighted by Gasteiger charge is -2.29. The third-order valence-corrected chi connectivity index (χ3v) is 3.07. The molecule has 5 heteroatoms. The number of amides is 1. The van der Waals surface area contributed by atoms with Crippen molar-refractivity contribution in [3.63, 3.8) is 0 Å². The van der Waals surface area contributed by atoms with E-state index >= 15 is 0 Å². The van der Waals surface area contributed by atoms with Crippen molar-refractivity contribution in [1.82, 2.24) is 5.06 Å². The zero-order valence-corrected chi connectivity index (χ0v) is 11.2. The van der Waals surface area contributed by atoms with Crippen molar-refractivity contribution < 1.29 is 18.4 Å². The number of benzene rings is 1. The van der Waals surface area contributed by atoms with E-state index < -0.39 is 17.0 Å². The van der Waals surface area contributed by atoms with E-state index in [2.05, 4.69) is 0 Å². The second-order valence-corrected chi connectivity index (χ2v) is 5.69. The van der Waals surface area contributed by atoms with E-state index in [-0.39, 0.29) is 11.9 Å². The summed E-state index contributed by atoms with van der Waals surface area (Å²) in [4.78, 5) is 17.6. The summed E-state index contributed by atoms with van der Waals surface area (Å²) >= 11 is 0. The summed E-state index contributed by atoms with van der Waals surface area (Å²) in [5, 5.41) is 1.28. The first-order valence-corrected chi connectivity index (χ1v) is 6.22. The smallest absolute Gasteiger partial charge is 0.252 e. The van der Waals surface area contributed by atoms with Gasteiger partial charge in [-0.2, -0.15) is 0 Å². The van der Waals surface area contributed by atoms with Gasteiger partial charge in [0.25, 0.3) is 5.91 Å². The second kappa shape index (κ2) is 4.89. The maximum atomic E-state index is 13.3. The minimum absolute atomic E-state index is 0.167. The van der Waals surface area contributed by atoms with Crippen LogP contribution in [-0.2, 0) is 9.63 Å². The number of carbonyl (C=O) groups excluding carboxylic acids is 1. The Balaban J connectivity index is 2.28. The molecule has 0 N–H and O–H groups in total. The molecule has 0 bridgehead atoms. The van der Waals surface area contributed by atoms with Crippen LogP contribution in [0.4, 0.5) is 8.78 Å². The third kappa shape index (κ3) is 2.76. The fraction of sp³-hybridized carbons (Fsp3) is 0.500. The Morgan fingerprint density at radius 1 is 1.32 bits per heavy atom. The van der Waals surface area contributed by atoms with Gasteiger partial charge in [-0.3, -0.25) is 9.63 Å². The highest BCUT2D eigenvalue weighted by atomic mass is 19.2. The third-order valence-electron chi connectivity index (χ3n) is 3.07. The number of carbonyl (C=O) groups is 1. The number of halogens is 2. The van der Waals surface area contributed by atoms with Gasteiger partial charge in [-0.1, -0.05) is 26.8 Å². The van der Waals surface area contributed by atoms with Gasteiger partial charge in [0.1, 0.15) is 0 Å². The van der Waals surface area contributed by atoms with Gasteiger partial charge in [0.2, 0.25) is 0 Å². The molecule has 19 heavy (non-hydrogen) atoms. The van der Waals surface area contributed by atoms with Crippen LogP contribution >= 0.6 is 0 Å². The van der Waals surface area contributed by atoms with Gasteiger partial charge >= 0.3 is 0 Å². The van der Waals surface area contributed by atoms with E-state index in [1.165, 1.54) is 11.1 Å². The molecule has 0 saturated carbocycles. The highest BCUT2D eigenvalue weighted by Gasteiger charge is 2.37. The first-order chi connectivity index (χ1) is 8.80. The molecule has 1 aliphatic rings. The Bertz CT molecular complexity index is 497. The SMILES string of the molecule is CC(C)(C)C(=O)N1OCC[C@@H]1c1ccc(F)c(F)c1. The van der Waals surface area contributed by atoms with Crippen LogP contribution < -0.4 is 0 Å². The van der Waals surface area contributed by atoms with Gasteiger partial charge in [-0.25, -0.2) is 13.8 Å². The number of hydroxylamine groups is 2. The molecule has 1 atom stereocenters. The maximum absolute atomic E-state index is 13.3. The van der Waals surface area contributed by atoms with Crippen molar-refractivity contribution in [2.45, 2.75) is 33.2 Å². The number of hydrogen-bond acceptors (Lipinski definition) is 2. The molecule has 1 amide bonds. The van der Waals surface area contributed by atoms with Crippen molar-refractivity contribution >= 4 is 5.91 Å². The summed E-state index contributed by atoms with van der Waals surface area (Å²) < 4.78 is 26.2. The van der Waals surface area contributed by atoms with E-state index in [1.807, 2.05) is 0 Å². The fourth-order valence-corrected chi connectivity index (χ4v) is 2.02. The van der Waals surface area contributed by atoms with Crippen LogP contribution in [0.1, 0.15) is 38.8 Å². The molecule has 1 aliphatic heterocycles. The zero-order chi connectivity index (χ0) is 14.2. The predicted molar refractivity (Wildman–Crippen MR) is 66.0 cm³/mol. The van der Waals surface area contributed by atoms with Gasteiger partial charge in [0, 0.05) is 11.8 Å². The summed E-state index contributed by atoms with van der Waals surface area (Å²) in [5.74, 6) is -1.97. The number of hydrogen-bond donors (Lipinski definition) is 0. The summed E-state index contributed by atoms with van der Waals surface area (Å²) in [6, 6.07) is 3.32. The normalized spacial score (nSPS) is 19.8. The summed E-state index contributed by atoms with van der Waals surface area (Å²) in [6.45, 7) is 5.77. The Morgan fingerprint density at radius 3 is 2.58 bits per heavy atom. The Morgan fingerprint density at radius 2 is 2.00 bits per heavy atom. The van der Waals surface area contributed by atoms with E-state index in [0.29, 0.717) is 18.6 Å². The molecule has 3 nitrogen and oxygen atoms in total. The molecule has 1 aromatic carbocycles. The van der Waals surface area contributed by atoms with E-state index in [9.17, 15) is 13.6 Å². The maximum Gasteiger partial charge on any atom is 0.252 e. The van der Waals surface area contributed by atoms with Crippen molar-refractivity contribution in [3.8, 4) is 0 Å². The Labute approximate surface area is 111 Å². The van der Waals surface area contributed by atoms with Crippen LogP contribution in [0, 0.1) is 17.0 Å². The van der Waals surface area contributed by atoms with Crippen molar-refractivity contribution in [3.05, 3.63) is 35.4 Å². The first-order valence-electron chi connectivity index (χ1n) is 6.22. The standard InChI is InChI=1S/C14H17F2NO2/c1-14(2,3)13(18)17-12(6-7-19-17)9-4-5-10(15)11(16)8-9/h4-5,8,12H,6-7H2,1-3H3/t12-/m1/s1. The van der Waals surface area contributed by atoms with Crippen LogP contribution in [0.25, 0.3) is 0 Å². The molecule has 0 radical (unpaired) electrons. The lowest BCUT2D eigenvalue weighted by Crippen LogP contribution is -2.38. The van der Waals surface area contributed by atoms with Gasteiger partial charge < -0.3 is 0 Å². The summed E-state index contributed by atoms with van der Waals surface area (Å²) in [6.07, 6.45) is 0.576. The summed E-state index contributed by atoms with van der Waals surface area (Å²) in [7, 11) is 0. The van der Waals surface area contributed by atoms with Gasteiger partial charge in [-0.15, -0.1) is 0 Å². The molecule has 104 valence electrons. The van der Waals surface area contributed by atoms with E-state index in [1.54, 1.807) is 20.8 Å². The van der Waals surface area contributed by atoms with Gasteiger partial charge in [0.05, 0.1) is 12.6 Å². The number of rotatable bonds is 1. The highest BCUT2D eigenvalue weighted by Crippen LogP contribution is 2.34. The zero-order valence-electron chi connectivity index (χ0n) is 11.2. The Hall–Kier alpha value is -1.49. The van der Waals surface area contributed by atoms with Crippen molar-refractivity contribution in [2.24, 2.45) is 5.41 Å². The lowest BCUT2D eigenvalue weighted by molar-refractivity contribution is -0.186. The molecule has 1 aromatic rings. The summed E-state index contributed by atoms with van der Waals surface area (Å²) in [5.41, 5.74) is -0.0322. The van der Waals surface area contributed by atoms with Crippen LogP contribution in [0.5, 0.6) is 0 Å². The van der Waals surface area contributed by atoms with Crippen LogP contribution in [0.3, 0.4) is 0 Å². The first kappa shape index (κ1) is 13.9. The van der Waals surface area contributed by atoms with Crippen molar-refractivity contribution in [1.29, 1.82) is 0 Å². The quantitative estimate of drug-likeness (QED) is 0.783. The molecule has 0 spiro atoms. The molecule has 2 rings (SSSR count). The monoisotopic (exact) mass is 269 g/mol. The molecule has 0 unspecified atom stereocenters. The minimum atomic E-state index is -0.910. The van der Waals surface area contributed by atoms with E-state index in [0.717, 1.165) is 12.1 Å². The Kier molecular flexibility index (Phi) is 3.58. The van der Waals surface area contributed by atoms with Gasteiger partial charge in [-0.05, 0) is 17.7 Å². The van der Waals surface area contributed by atoms with Crippen LogP contribution in [0.15, 0.2) is 18.2 Å². The molecular weight excluding hydrogens is 252 g/mol. The number of nitrogens with zero attached hydrogens (tertiary/aromatic N) is 1. The molecular formula is C14H17F2NO2. The molecule has 0 aliphatic carbocycles. The average Bonchev–Trinajstić information content (AvgIpc) is 2.79. The highest BCUT2D eigenvalue weighted by molar-refractivity contribution is 5.81. The molecule has 1 heterocycles. The fourth-order valence-electron chi connectivity index (χ4n) is 2.02. The largest absolute Gasteiger partial charge is 0.272 e. The van der Waals surface area contributed by atoms with Crippen LogP contribution in [0.2, 0.25) is 0 Å². The predicted octanol–water partition coefficient (Wildman–Crippen LogP) is 3.22. The van der Waals surface area contributed by atoms with Crippen molar-refractivity contribution in [2.75, 3.05) is 6.61 Å². The molecule has 0 aromatic heterocycles. The topological polar surface area (TPSA) is 29.5 Å². The lowest BCUT2D eigenvalue weighted by atomic mass is 9.94. The molecule has 1 saturated heterocycles.